The van der Waals surface area contributed by atoms with Gasteiger partial charge in [-0.05, 0) is 12.8 Å². The Morgan fingerprint density at radius 3 is 3.14 bits per heavy atom. The van der Waals surface area contributed by atoms with Gasteiger partial charge in [-0.25, -0.2) is 4.98 Å². The minimum atomic E-state index is 0.0706. The van der Waals surface area contributed by atoms with Gasteiger partial charge in [-0.3, -0.25) is 0 Å². The maximum absolute atomic E-state index is 5.82. The van der Waals surface area contributed by atoms with Crippen molar-refractivity contribution in [3.63, 3.8) is 0 Å². The van der Waals surface area contributed by atoms with Crippen molar-refractivity contribution in [2.45, 2.75) is 25.3 Å². The summed E-state index contributed by atoms with van der Waals surface area (Å²) in [6, 6.07) is 0. The first-order chi connectivity index (χ1) is 6.74. The van der Waals surface area contributed by atoms with Crippen LogP contribution in [0.1, 0.15) is 19.8 Å². The third-order valence-corrected chi connectivity index (χ3v) is 3.66. The molecular formula is C9H13ClN2OS. The standard InChI is InChI=1S/C9H13ClN2OS/c1-2-9(3-4-13-6-9)12-8-11-5-7(10)14-8/h5H,2-4,6H2,1H3,(H,11,12). The van der Waals surface area contributed by atoms with E-state index < -0.39 is 0 Å². The average molecular weight is 233 g/mol. The van der Waals surface area contributed by atoms with Crippen LogP contribution in [0.3, 0.4) is 0 Å². The van der Waals surface area contributed by atoms with Gasteiger partial charge in [-0.1, -0.05) is 29.9 Å². The number of nitrogens with one attached hydrogen (secondary N) is 1. The number of ether oxygens (including phenoxy) is 1. The summed E-state index contributed by atoms with van der Waals surface area (Å²) in [5.41, 5.74) is 0.0706. The lowest BCUT2D eigenvalue weighted by atomic mass is 9.96. The normalized spacial score (nSPS) is 26.7. The molecule has 78 valence electrons. The van der Waals surface area contributed by atoms with Crippen molar-refractivity contribution in [2.24, 2.45) is 0 Å². The van der Waals surface area contributed by atoms with Crippen LogP contribution in [-0.4, -0.2) is 23.7 Å². The number of hydrogen-bond donors (Lipinski definition) is 1. The van der Waals surface area contributed by atoms with Crippen LogP contribution < -0.4 is 5.32 Å². The first-order valence-corrected chi connectivity index (χ1v) is 5.91. The van der Waals surface area contributed by atoms with E-state index in [4.69, 9.17) is 16.3 Å². The van der Waals surface area contributed by atoms with E-state index in [9.17, 15) is 0 Å². The number of anilines is 1. The van der Waals surface area contributed by atoms with E-state index in [-0.39, 0.29) is 5.54 Å². The van der Waals surface area contributed by atoms with Gasteiger partial charge < -0.3 is 10.1 Å². The van der Waals surface area contributed by atoms with Crippen molar-refractivity contribution in [1.82, 2.24) is 4.98 Å². The summed E-state index contributed by atoms with van der Waals surface area (Å²) in [6.45, 7) is 3.76. The fraction of sp³-hybridized carbons (Fsp3) is 0.667. The van der Waals surface area contributed by atoms with Crippen molar-refractivity contribution in [3.05, 3.63) is 10.5 Å². The van der Waals surface area contributed by atoms with Crippen molar-refractivity contribution < 1.29 is 4.74 Å². The quantitative estimate of drug-likeness (QED) is 0.870. The highest BCUT2D eigenvalue weighted by atomic mass is 35.5. The zero-order valence-corrected chi connectivity index (χ0v) is 9.62. The summed E-state index contributed by atoms with van der Waals surface area (Å²) in [5.74, 6) is 0. The number of hydrogen-bond acceptors (Lipinski definition) is 4. The second kappa shape index (κ2) is 4.04. The van der Waals surface area contributed by atoms with E-state index in [0.29, 0.717) is 0 Å². The Kier molecular flexibility index (Phi) is 2.95. The lowest BCUT2D eigenvalue weighted by Crippen LogP contribution is -2.37. The Balaban J connectivity index is 2.08. The molecule has 2 rings (SSSR count). The molecule has 1 N–H and O–H groups in total. The number of halogens is 1. The fourth-order valence-electron chi connectivity index (χ4n) is 1.61. The highest BCUT2D eigenvalue weighted by Gasteiger charge is 2.33. The lowest BCUT2D eigenvalue weighted by Gasteiger charge is -2.26. The third kappa shape index (κ3) is 2.02. The molecule has 5 heteroatoms. The van der Waals surface area contributed by atoms with Gasteiger partial charge in [0.2, 0.25) is 0 Å². The monoisotopic (exact) mass is 232 g/mol. The Hall–Kier alpha value is -0.320. The molecule has 0 aromatic carbocycles. The SMILES string of the molecule is CCC1(Nc2ncc(Cl)s2)CCOC1. The Bertz CT molecular complexity index is 310. The number of aromatic nitrogens is 1. The lowest BCUT2D eigenvalue weighted by molar-refractivity contribution is 0.181. The maximum atomic E-state index is 5.82. The van der Waals surface area contributed by atoms with Crippen LogP contribution in [-0.2, 0) is 4.74 Å². The topological polar surface area (TPSA) is 34.2 Å². The van der Waals surface area contributed by atoms with Gasteiger partial charge >= 0.3 is 0 Å². The third-order valence-electron chi connectivity index (χ3n) is 2.63. The minimum Gasteiger partial charge on any atom is -0.379 e. The molecule has 1 fully saturated rings. The van der Waals surface area contributed by atoms with Gasteiger partial charge in [0, 0.05) is 6.61 Å². The van der Waals surface area contributed by atoms with E-state index in [2.05, 4.69) is 17.2 Å². The smallest absolute Gasteiger partial charge is 0.184 e. The molecule has 1 aromatic heterocycles. The Morgan fingerprint density at radius 2 is 2.64 bits per heavy atom. The van der Waals surface area contributed by atoms with Crippen LogP contribution in [0.2, 0.25) is 4.34 Å². The molecule has 3 nitrogen and oxygen atoms in total. The van der Waals surface area contributed by atoms with Crippen LogP contribution in [0, 0.1) is 0 Å². The van der Waals surface area contributed by atoms with Crippen molar-refractivity contribution in [1.29, 1.82) is 0 Å². The molecule has 1 atom stereocenters. The van der Waals surface area contributed by atoms with Gasteiger partial charge in [0.1, 0.15) is 4.34 Å². The van der Waals surface area contributed by atoms with Crippen LogP contribution in [0.15, 0.2) is 6.20 Å². The minimum absolute atomic E-state index is 0.0706. The Labute approximate surface area is 92.4 Å². The zero-order valence-electron chi connectivity index (χ0n) is 8.05. The van der Waals surface area contributed by atoms with E-state index >= 15 is 0 Å². The van der Waals surface area contributed by atoms with Crippen molar-refractivity contribution in [3.8, 4) is 0 Å². The van der Waals surface area contributed by atoms with Gasteiger partial charge in [-0.15, -0.1) is 0 Å². The second-order valence-corrected chi connectivity index (χ2v) is 5.19. The second-order valence-electron chi connectivity index (χ2n) is 3.53. The summed E-state index contributed by atoms with van der Waals surface area (Å²) in [4.78, 5) is 4.19. The van der Waals surface area contributed by atoms with Gasteiger partial charge in [0.05, 0.1) is 18.3 Å². The zero-order chi connectivity index (χ0) is 10.0. The summed E-state index contributed by atoms with van der Waals surface area (Å²) in [7, 11) is 0. The molecule has 1 saturated heterocycles. The van der Waals surface area contributed by atoms with Gasteiger partial charge in [0.25, 0.3) is 0 Å². The van der Waals surface area contributed by atoms with Crippen LogP contribution in [0.5, 0.6) is 0 Å². The summed E-state index contributed by atoms with van der Waals surface area (Å²) in [5, 5.41) is 4.31. The first kappa shape index (κ1) is 10.2. The van der Waals surface area contributed by atoms with E-state index in [1.807, 2.05) is 0 Å². The highest BCUT2D eigenvalue weighted by molar-refractivity contribution is 7.19. The molecule has 1 unspecified atom stereocenters. The molecular weight excluding hydrogens is 220 g/mol. The predicted octanol–water partition coefficient (Wildman–Crippen LogP) is 2.78. The van der Waals surface area contributed by atoms with Gasteiger partial charge in [-0.2, -0.15) is 0 Å². The molecule has 0 aliphatic carbocycles. The maximum Gasteiger partial charge on any atom is 0.184 e. The van der Waals surface area contributed by atoms with Crippen LogP contribution in [0.25, 0.3) is 0 Å². The van der Waals surface area contributed by atoms with E-state index in [1.54, 1.807) is 6.20 Å². The highest BCUT2D eigenvalue weighted by Crippen LogP contribution is 2.30. The number of rotatable bonds is 3. The van der Waals surface area contributed by atoms with E-state index in [0.717, 1.165) is 35.5 Å². The molecule has 14 heavy (non-hydrogen) atoms. The molecule has 2 heterocycles. The largest absolute Gasteiger partial charge is 0.379 e. The number of nitrogens with zero attached hydrogens (tertiary/aromatic N) is 1. The first-order valence-electron chi connectivity index (χ1n) is 4.71. The molecule has 0 radical (unpaired) electrons. The average Bonchev–Trinajstić information content (AvgIpc) is 2.77. The molecule has 1 aromatic rings. The van der Waals surface area contributed by atoms with Crippen molar-refractivity contribution >= 4 is 28.1 Å². The molecule has 0 bridgehead atoms. The number of thiazole rings is 1. The van der Waals surface area contributed by atoms with Crippen molar-refractivity contribution in [2.75, 3.05) is 18.5 Å². The molecule has 1 aliphatic heterocycles. The molecule has 1 aliphatic rings. The fourth-order valence-corrected chi connectivity index (χ4v) is 2.54. The van der Waals surface area contributed by atoms with Crippen LogP contribution in [0.4, 0.5) is 5.13 Å². The van der Waals surface area contributed by atoms with Crippen LogP contribution >= 0.6 is 22.9 Å². The summed E-state index contributed by atoms with van der Waals surface area (Å²) < 4.78 is 6.13. The molecule has 0 saturated carbocycles. The molecule has 0 amide bonds. The predicted molar refractivity (Wildman–Crippen MR) is 59.2 cm³/mol. The van der Waals surface area contributed by atoms with E-state index in [1.165, 1.54) is 11.3 Å². The summed E-state index contributed by atoms with van der Waals surface area (Å²) in [6.07, 6.45) is 3.76. The summed E-state index contributed by atoms with van der Waals surface area (Å²) >= 11 is 7.30. The molecule has 0 spiro atoms. The Morgan fingerprint density at radius 1 is 1.79 bits per heavy atom. The van der Waals surface area contributed by atoms with Gasteiger partial charge in [0.15, 0.2) is 5.13 Å².